The van der Waals surface area contributed by atoms with Crippen LogP contribution >= 0.6 is 34.8 Å². The Kier molecular flexibility index (Phi) is 9.62. The Morgan fingerprint density at radius 2 is 1.94 bits per heavy atom. The van der Waals surface area contributed by atoms with Crippen molar-refractivity contribution in [2.75, 3.05) is 37.0 Å². The van der Waals surface area contributed by atoms with Crippen LogP contribution in [0, 0.1) is 5.92 Å². The zero-order valence-corrected chi connectivity index (χ0v) is 21.8. The lowest BCUT2D eigenvalue weighted by molar-refractivity contribution is -0.114. The average molecular weight is 532 g/mol. The Morgan fingerprint density at radius 1 is 1.24 bits per heavy atom. The second-order valence-electron chi connectivity index (χ2n) is 9.11. The first-order valence-corrected chi connectivity index (χ1v) is 12.9. The molecule has 2 heterocycles. The minimum absolute atomic E-state index is 0.119. The molecule has 34 heavy (non-hydrogen) atoms. The number of amides is 1. The van der Waals surface area contributed by atoms with Crippen molar-refractivity contribution in [1.82, 2.24) is 4.90 Å². The number of fused-ring (bicyclic) bond motifs is 2. The second-order valence-corrected chi connectivity index (χ2v) is 10.2. The van der Waals surface area contributed by atoms with E-state index in [1.807, 2.05) is 18.2 Å². The van der Waals surface area contributed by atoms with Gasteiger partial charge in [0, 0.05) is 47.6 Å². The van der Waals surface area contributed by atoms with E-state index in [0.29, 0.717) is 29.6 Å². The van der Waals surface area contributed by atoms with Crippen molar-refractivity contribution in [1.29, 1.82) is 0 Å². The minimum Gasteiger partial charge on any atom is -0.308 e. The SMILES string of the molecule is CC(F)=CCC(C=CCN1CCC2(CC1)CN(C(=O)C=CCCl)c1ccc(Cl)c(Cl)c12)C(C)F. The van der Waals surface area contributed by atoms with Crippen LogP contribution in [0.15, 0.2) is 48.3 Å². The number of hydrogen-bond acceptors (Lipinski definition) is 2. The summed E-state index contributed by atoms with van der Waals surface area (Å²) < 4.78 is 26.9. The number of likely N-dealkylation sites (tertiary alicyclic amines) is 1. The molecule has 1 aromatic carbocycles. The summed E-state index contributed by atoms with van der Waals surface area (Å²) in [7, 11) is 0. The molecule has 3 nitrogen and oxygen atoms in total. The van der Waals surface area contributed by atoms with Gasteiger partial charge in [-0.15, -0.1) is 11.6 Å². The first-order valence-electron chi connectivity index (χ1n) is 11.6. The van der Waals surface area contributed by atoms with Crippen LogP contribution < -0.4 is 4.90 Å². The molecule has 0 radical (unpaired) electrons. The molecule has 0 aromatic heterocycles. The molecular formula is C26H31Cl3F2N2O. The highest BCUT2D eigenvalue weighted by atomic mass is 35.5. The fraction of sp³-hybridized carbons (Fsp3) is 0.500. The molecule has 1 spiro atoms. The molecule has 186 valence electrons. The summed E-state index contributed by atoms with van der Waals surface area (Å²) in [5.41, 5.74) is 1.49. The van der Waals surface area contributed by atoms with E-state index >= 15 is 0 Å². The van der Waals surface area contributed by atoms with Crippen LogP contribution in [0.5, 0.6) is 0 Å². The molecule has 2 unspecified atom stereocenters. The van der Waals surface area contributed by atoms with Gasteiger partial charge in [0.15, 0.2) is 0 Å². The Labute approximate surface area is 216 Å². The zero-order valence-electron chi connectivity index (χ0n) is 19.5. The van der Waals surface area contributed by atoms with Crippen LogP contribution in [-0.4, -0.2) is 49.0 Å². The number of carbonyl (C=O) groups excluding carboxylic acids is 1. The van der Waals surface area contributed by atoms with E-state index in [4.69, 9.17) is 34.8 Å². The van der Waals surface area contributed by atoms with E-state index in [9.17, 15) is 13.6 Å². The molecule has 1 amide bonds. The fourth-order valence-corrected chi connectivity index (χ4v) is 5.45. The highest BCUT2D eigenvalue weighted by molar-refractivity contribution is 6.43. The van der Waals surface area contributed by atoms with Crippen LogP contribution in [0.25, 0.3) is 0 Å². The van der Waals surface area contributed by atoms with E-state index < -0.39 is 6.17 Å². The lowest BCUT2D eigenvalue weighted by Crippen LogP contribution is -2.46. The van der Waals surface area contributed by atoms with Gasteiger partial charge in [-0.2, -0.15) is 0 Å². The lowest BCUT2D eigenvalue weighted by atomic mass is 9.74. The number of nitrogens with zero attached hydrogens (tertiary/aromatic N) is 2. The fourth-order valence-electron chi connectivity index (χ4n) is 4.84. The van der Waals surface area contributed by atoms with Gasteiger partial charge in [-0.3, -0.25) is 9.69 Å². The lowest BCUT2D eigenvalue weighted by Gasteiger charge is -2.40. The summed E-state index contributed by atoms with van der Waals surface area (Å²) in [5, 5.41) is 1.000. The number of rotatable bonds is 8. The van der Waals surface area contributed by atoms with Gasteiger partial charge in [-0.25, -0.2) is 8.78 Å². The highest BCUT2D eigenvalue weighted by Gasteiger charge is 2.47. The summed E-state index contributed by atoms with van der Waals surface area (Å²) in [6.45, 7) is 5.74. The number of piperidine rings is 1. The molecule has 1 fully saturated rings. The molecule has 0 saturated carbocycles. The number of anilines is 1. The normalized spacial score (nSPS) is 20.4. The summed E-state index contributed by atoms with van der Waals surface area (Å²) in [6, 6.07) is 3.60. The standard InChI is InChI=1S/C26H31Cl3F2N2O/c1-18(30)7-8-20(19(2)31)5-4-14-32-15-11-26(12-16-32)17-33(23(34)6-3-13-27)22-10-9-21(28)25(29)24(22)26/h3-7,9-10,19-20H,8,11-17H2,1-2H3. The summed E-state index contributed by atoms with van der Waals surface area (Å²) in [5.74, 6) is -0.481. The molecule has 8 heteroatoms. The van der Waals surface area contributed by atoms with Crippen LogP contribution in [0.1, 0.15) is 38.7 Å². The smallest absolute Gasteiger partial charge is 0.250 e. The molecule has 3 rings (SSSR count). The first-order chi connectivity index (χ1) is 16.2. The first kappa shape index (κ1) is 27.2. The van der Waals surface area contributed by atoms with Gasteiger partial charge >= 0.3 is 0 Å². The maximum absolute atomic E-state index is 13.9. The number of hydrogen-bond donors (Lipinski definition) is 0. The maximum Gasteiger partial charge on any atom is 0.250 e. The molecular weight excluding hydrogens is 501 g/mol. The van der Waals surface area contributed by atoms with Crippen LogP contribution in [0.4, 0.5) is 14.5 Å². The number of allylic oxidation sites excluding steroid dienone is 4. The van der Waals surface area contributed by atoms with E-state index in [0.717, 1.165) is 37.2 Å². The number of benzene rings is 1. The van der Waals surface area contributed by atoms with Gasteiger partial charge in [0.25, 0.3) is 5.91 Å². The quantitative estimate of drug-likeness (QED) is 0.200. The number of carbonyl (C=O) groups is 1. The van der Waals surface area contributed by atoms with E-state index in [-0.39, 0.29) is 28.9 Å². The molecule has 2 atom stereocenters. The number of halogens is 5. The Hall–Kier alpha value is -1.40. The number of alkyl halides is 2. The zero-order chi connectivity index (χ0) is 24.9. The van der Waals surface area contributed by atoms with E-state index in [2.05, 4.69) is 4.90 Å². The molecule has 1 aromatic rings. The third kappa shape index (κ3) is 6.23. The van der Waals surface area contributed by atoms with Crippen LogP contribution in [0.2, 0.25) is 10.0 Å². The average Bonchev–Trinajstić information content (AvgIpc) is 3.12. The summed E-state index contributed by atoms with van der Waals surface area (Å²) >= 11 is 18.7. The molecule has 0 bridgehead atoms. The van der Waals surface area contributed by atoms with E-state index in [1.165, 1.54) is 26.0 Å². The third-order valence-electron chi connectivity index (χ3n) is 6.79. The minimum atomic E-state index is -1.05. The monoisotopic (exact) mass is 530 g/mol. The van der Waals surface area contributed by atoms with Crippen molar-refractivity contribution in [2.24, 2.45) is 5.92 Å². The van der Waals surface area contributed by atoms with Crippen molar-refractivity contribution in [3.63, 3.8) is 0 Å². The van der Waals surface area contributed by atoms with Gasteiger partial charge in [0.05, 0.1) is 15.9 Å². The Morgan fingerprint density at radius 3 is 2.56 bits per heavy atom. The summed E-state index contributed by atoms with van der Waals surface area (Å²) in [6.07, 6.45) is 9.33. The molecule has 0 aliphatic carbocycles. The molecule has 0 N–H and O–H groups in total. The van der Waals surface area contributed by atoms with Crippen molar-refractivity contribution in [3.8, 4) is 0 Å². The predicted octanol–water partition coefficient (Wildman–Crippen LogP) is 7.26. The third-order valence-corrected chi connectivity index (χ3v) is 7.77. The van der Waals surface area contributed by atoms with Crippen molar-refractivity contribution in [3.05, 3.63) is 63.9 Å². The van der Waals surface area contributed by atoms with Crippen molar-refractivity contribution >= 4 is 46.4 Å². The van der Waals surface area contributed by atoms with Crippen molar-refractivity contribution < 1.29 is 13.6 Å². The van der Waals surface area contributed by atoms with Gasteiger partial charge in [-0.05, 0) is 58.3 Å². The van der Waals surface area contributed by atoms with Gasteiger partial charge in [0.1, 0.15) is 6.17 Å². The Bertz CT molecular complexity index is 965. The van der Waals surface area contributed by atoms with Crippen LogP contribution in [0.3, 0.4) is 0 Å². The molecule has 2 aliphatic rings. The molecule has 2 aliphatic heterocycles. The largest absolute Gasteiger partial charge is 0.308 e. The second kappa shape index (κ2) is 12.0. The molecule has 1 saturated heterocycles. The van der Waals surface area contributed by atoms with Crippen LogP contribution in [-0.2, 0) is 10.2 Å². The summed E-state index contributed by atoms with van der Waals surface area (Å²) in [4.78, 5) is 16.9. The van der Waals surface area contributed by atoms with Gasteiger partial charge in [0.2, 0.25) is 0 Å². The maximum atomic E-state index is 13.9. The van der Waals surface area contributed by atoms with Gasteiger partial charge in [-0.1, -0.05) is 47.5 Å². The van der Waals surface area contributed by atoms with Gasteiger partial charge < -0.3 is 4.90 Å². The van der Waals surface area contributed by atoms with E-state index in [1.54, 1.807) is 17.0 Å². The highest BCUT2D eigenvalue weighted by Crippen LogP contribution is 2.51. The Balaban J connectivity index is 1.71. The topological polar surface area (TPSA) is 23.6 Å². The predicted molar refractivity (Wildman–Crippen MR) is 139 cm³/mol. The van der Waals surface area contributed by atoms with Crippen molar-refractivity contribution in [2.45, 2.75) is 44.7 Å².